The van der Waals surface area contributed by atoms with Crippen molar-refractivity contribution < 1.29 is 9.31 Å². The molecule has 1 fully saturated rings. The second-order valence-corrected chi connectivity index (χ2v) is 6.35. The van der Waals surface area contributed by atoms with E-state index in [0.717, 1.165) is 22.2 Å². The molecular formula is C15H19BN2O2. The molecule has 0 spiro atoms. The van der Waals surface area contributed by atoms with Crippen LogP contribution in [0.1, 0.15) is 33.4 Å². The molecule has 0 aliphatic carbocycles. The Morgan fingerprint density at radius 1 is 1.00 bits per heavy atom. The molecule has 104 valence electrons. The van der Waals surface area contributed by atoms with Crippen LogP contribution in [0.15, 0.2) is 24.4 Å². The molecule has 1 aromatic carbocycles. The second kappa shape index (κ2) is 4.27. The lowest BCUT2D eigenvalue weighted by molar-refractivity contribution is 0.00578. The van der Waals surface area contributed by atoms with E-state index in [9.17, 15) is 0 Å². The Labute approximate surface area is 119 Å². The van der Waals surface area contributed by atoms with Crippen molar-refractivity contribution in [3.05, 3.63) is 30.1 Å². The molecule has 0 amide bonds. The van der Waals surface area contributed by atoms with Crippen molar-refractivity contribution in [1.82, 2.24) is 9.97 Å². The molecule has 0 unspecified atom stereocenters. The Bertz CT molecular complexity index is 654. The van der Waals surface area contributed by atoms with Crippen LogP contribution in [0, 0.1) is 6.92 Å². The molecule has 0 radical (unpaired) electrons. The fourth-order valence-electron chi connectivity index (χ4n) is 2.25. The largest absolute Gasteiger partial charge is 0.494 e. The summed E-state index contributed by atoms with van der Waals surface area (Å²) < 4.78 is 12.1. The number of hydrogen-bond acceptors (Lipinski definition) is 4. The highest BCUT2D eigenvalue weighted by molar-refractivity contribution is 6.62. The van der Waals surface area contributed by atoms with Crippen molar-refractivity contribution in [1.29, 1.82) is 0 Å². The van der Waals surface area contributed by atoms with Crippen LogP contribution in [0.2, 0.25) is 0 Å². The van der Waals surface area contributed by atoms with Crippen LogP contribution in [0.4, 0.5) is 0 Å². The summed E-state index contributed by atoms with van der Waals surface area (Å²) in [6.45, 7) is 10.2. The van der Waals surface area contributed by atoms with Crippen LogP contribution < -0.4 is 5.46 Å². The Hall–Kier alpha value is -1.46. The molecule has 0 N–H and O–H groups in total. The van der Waals surface area contributed by atoms with Crippen molar-refractivity contribution >= 4 is 23.6 Å². The smallest absolute Gasteiger partial charge is 0.399 e. The van der Waals surface area contributed by atoms with Gasteiger partial charge in [-0.2, -0.15) is 0 Å². The fourth-order valence-corrected chi connectivity index (χ4v) is 2.25. The Kier molecular flexibility index (Phi) is 2.89. The average molecular weight is 270 g/mol. The summed E-state index contributed by atoms with van der Waals surface area (Å²) in [5.41, 5.74) is 2.99. The van der Waals surface area contributed by atoms with Crippen molar-refractivity contribution in [2.75, 3.05) is 0 Å². The molecule has 0 bridgehead atoms. The van der Waals surface area contributed by atoms with E-state index in [1.807, 2.05) is 25.1 Å². The summed E-state index contributed by atoms with van der Waals surface area (Å²) in [6, 6.07) is 5.95. The third-order valence-electron chi connectivity index (χ3n) is 4.21. The van der Waals surface area contributed by atoms with Gasteiger partial charge in [0.05, 0.1) is 27.9 Å². The van der Waals surface area contributed by atoms with E-state index in [1.165, 1.54) is 0 Å². The minimum atomic E-state index is -0.355. The van der Waals surface area contributed by atoms with Crippen LogP contribution in [0.3, 0.4) is 0 Å². The third-order valence-corrected chi connectivity index (χ3v) is 4.21. The minimum Gasteiger partial charge on any atom is -0.399 e. The Morgan fingerprint density at radius 2 is 1.65 bits per heavy atom. The first kappa shape index (κ1) is 13.5. The topological polar surface area (TPSA) is 44.2 Å². The summed E-state index contributed by atoms with van der Waals surface area (Å²) in [7, 11) is -0.355. The first-order chi connectivity index (χ1) is 9.28. The molecule has 3 rings (SSSR count). The number of rotatable bonds is 1. The molecule has 20 heavy (non-hydrogen) atoms. The van der Waals surface area contributed by atoms with Gasteiger partial charge in [-0.3, -0.25) is 4.98 Å². The third kappa shape index (κ3) is 2.11. The first-order valence-electron chi connectivity index (χ1n) is 6.87. The van der Waals surface area contributed by atoms with Gasteiger partial charge >= 0.3 is 7.12 Å². The molecule has 1 aliphatic rings. The van der Waals surface area contributed by atoms with Crippen molar-refractivity contribution in [2.45, 2.75) is 45.8 Å². The van der Waals surface area contributed by atoms with Crippen molar-refractivity contribution in [3.8, 4) is 0 Å². The zero-order valence-corrected chi connectivity index (χ0v) is 12.6. The number of nitrogens with zero attached hydrogens (tertiary/aromatic N) is 2. The number of benzene rings is 1. The molecule has 1 saturated heterocycles. The molecular weight excluding hydrogens is 251 g/mol. The highest BCUT2D eigenvalue weighted by atomic mass is 16.7. The maximum Gasteiger partial charge on any atom is 0.494 e. The zero-order chi connectivity index (χ0) is 14.5. The predicted octanol–water partition coefficient (Wildman–Crippen LogP) is 2.24. The fraction of sp³-hybridized carbons (Fsp3) is 0.467. The first-order valence-corrected chi connectivity index (χ1v) is 6.87. The SMILES string of the molecule is Cc1cnc2ccc(B3OC(C)(C)C(C)(C)O3)cc2n1. The minimum absolute atomic E-state index is 0.328. The molecule has 2 heterocycles. The monoisotopic (exact) mass is 270 g/mol. The van der Waals surface area contributed by atoms with Crippen LogP contribution in [-0.4, -0.2) is 28.3 Å². The van der Waals surface area contributed by atoms with Gasteiger partial charge in [-0.15, -0.1) is 0 Å². The van der Waals surface area contributed by atoms with Gasteiger partial charge in [0.1, 0.15) is 0 Å². The van der Waals surface area contributed by atoms with Crippen molar-refractivity contribution in [2.24, 2.45) is 0 Å². The maximum atomic E-state index is 6.06. The van der Waals surface area contributed by atoms with E-state index in [1.54, 1.807) is 6.20 Å². The van der Waals surface area contributed by atoms with Crippen LogP contribution >= 0.6 is 0 Å². The quantitative estimate of drug-likeness (QED) is 0.745. The van der Waals surface area contributed by atoms with Gasteiger partial charge in [0.25, 0.3) is 0 Å². The predicted molar refractivity (Wildman–Crippen MR) is 80.0 cm³/mol. The summed E-state index contributed by atoms with van der Waals surface area (Å²) in [5.74, 6) is 0. The van der Waals surface area contributed by atoms with Crippen LogP contribution in [0.5, 0.6) is 0 Å². The lowest BCUT2D eigenvalue weighted by Crippen LogP contribution is -2.41. The molecule has 0 atom stereocenters. The summed E-state index contributed by atoms with van der Waals surface area (Å²) >= 11 is 0. The molecule has 1 aliphatic heterocycles. The number of aromatic nitrogens is 2. The maximum absolute atomic E-state index is 6.06. The summed E-state index contributed by atoms with van der Waals surface area (Å²) in [5, 5.41) is 0. The van der Waals surface area contributed by atoms with E-state index in [0.29, 0.717) is 0 Å². The van der Waals surface area contributed by atoms with Gasteiger partial charge in [0.2, 0.25) is 0 Å². The molecule has 0 saturated carbocycles. The number of hydrogen-bond donors (Lipinski definition) is 0. The molecule has 1 aromatic heterocycles. The number of fused-ring (bicyclic) bond motifs is 1. The highest BCUT2D eigenvalue weighted by Crippen LogP contribution is 2.36. The van der Waals surface area contributed by atoms with Gasteiger partial charge in [0, 0.05) is 6.20 Å². The van der Waals surface area contributed by atoms with Gasteiger partial charge in [0.15, 0.2) is 0 Å². The molecule has 5 heteroatoms. The van der Waals surface area contributed by atoms with E-state index < -0.39 is 0 Å². The van der Waals surface area contributed by atoms with Crippen LogP contribution in [-0.2, 0) is 9.31 Å². The molecule has 2 aromatic rings. The molecule has 4 nitrogen and oxygen atoms in total. The average Bonchev–Trinajstić information content (AvgIpc) is 2.57. The van der Waals surface area contributed by atoms with Gasteiger partial charge in [-0.05, 0) is 52.2 Å². The van der Waals surface area contributed by atoms with Crippen LogP contribution in [0.25, 0.3) is 11.0 Å². The summed E-state index contributed by atoms with van der Waals surface area (Å²) in [4.78, 5) is 8.87. The van der Waals surface area contributed by atoms with Gasteiger partial charge in [-0.25, -0.2) is 4.98 Å². The highest BCUT2D eigenvalue weighted by Gasteiger charge is 2.51. The van der Waals surface area contributed by atoms with E-state index >= 15 is 0 Å². The summed E-state index contributed by atoms with van der Waals surface area (Å²) in [6.07, 6.45) is 1.77. The Morgan fingerprint density at radius 3 is 2.30 bits per heavy atom. The standard InChI is InChI=1S/C15H19BN2O2/c1-10-9-17-12-7-6-11(8-13(12)18-10)16-19-14(2,3)15(4,5)20-16/h6-9H,1-5H3. The van der Waals surface area contributed by atoms with E-state index in [2.05, 4.69) is 37.7 Å². The zero-order valence-electron chi connectivity index (χ0n) is 12.6. The van der Waals surface area contributed by atoms with Gasteiger partial charge < -0.3 is 9.31 Å². The van der Waals surface area contributed by atoms with E-state index in [-0.39, 0.29) is 18.3 Å². The second-order valence-electron chi connectivity index (χ2n) is 6.35. The van der Waals surface area contributed by atoms with E-state index in [4.69, 9.17) is 9.31 Å². The number of aryl methyl sites for hydroxylation is 1. The lowest BCUT2D eigenvalue weighted by Gasteiger charge is -2.32. The Balaban J connectivity index is 2.00. The lowest BCUT2D eigenvalue weighted by atomic mass is 9.79. The van der Waals surface area contributed by atoms with Gasteiger partial charge in [-0.1, -0.05) is 6.07 Å². The normalized spacial score (nSPS) is 20.6. The van der Waals surface area contributed by atoms with Crippen molar-refractivity contribution in [3.63, 3.8) is 0 Å².